The Morgan fingerprint density at radius 3 is 2.54 bits per heavy atom. The minimum absolute atomic E-state index is 0.00130. The van der Waals surface area contributed by atoms with E-state index in [1.807, 2.05) is 0 Å². The van der Waals surface area contributed by atoms with Crippen LogP contribution in [0.3, 0.4) is 0 Å². The van der Waals surface area contributed by atoms with Crippen LogP contribution in [-0.2, 0) is 10.1 Å². The summed E-state index contributed by atoms with van der Waals surface area (Å²) in [5, 5.41) is 0. The fourth-order valence-electron chi connectivity index (χ4n) is 0.748. The van der Waals surface area contributed by atoms with E-state index in [0.717, 1.165) is 18.4 Å². The number of rotatable bonds is 2. The van der Waals surface area contributed by atoms with E-state index in [1.165, 1.54) is 6.07 Å². The monoisotopic (exact) mass is 205 g/mol. The normalized spacial score (nSPS) is 11.2. The molecule has 0 aliphatic rings. The molecule has 2 N–H and O–H groups in total. The molecule has 0 spiro atoms. The molecule has 0 aliphatic carbocycles. The predicted octanol–water partition coefficient (Wildman–Crippen LogP) is 0.746. The molecule has 0 atom stereocenters. The van der Waals surface area contributed by atoms with Crippen LogP contribution in [0.2, 0.25) is 0 Å². The van der Waals surface area contributed by atoms with Crippen LogP contribution in [0.1, 0.15) is 0 Å². The van der Waals surface area contributed by atoms with Crippen LogP contribution < -0.4 is 9.92 Å². The molecule has 0 saturated carbocycles. The van der Waals surface area contributed by atoms with Crippen molar-refractivity contribution in [3.05, 3.63) is 24.0 Å². The van der Waals surface area contributed by atoms with Crippen molar-refractivity contribution < 1.29 is 17.0 Å². The molecule has 1 aromatic carbocycles. The Labute approximate surface area is 75.2 Å². The van der Waals surface area contributed by atoms with Gasteiger partial charge in [0.05, 0.1) is 11.9 Å². The lowest BCUT2D eigenvalue weighted by Gasteiger charge is -2.03. The Balaban J connectivity index is 2.99. The number of hydrogen-bond donors (Lipinski definition) is 1. The number of hydrogen-bond acceptors (Lipinski definition) is 4. The molecular formula is C7H8FNO3S. The maximum Gasteiger partial charge on any atom is 0.306 e. The van der Waals surface area contributed by atoms with Gasteiger partial charge in [-0.3, -0.25) is 0 Å². The SMILES string of the molecule is CS(=O)(=O)Oc1ccc(F)c(N)c1. The molecule has 0 saturated heterocycles. The van der Waals surface area contributed by atoms with Crippen molar-refractivity contribution in [2.24, 2.45) is 0 Å². The van der Waals surface area contributed by atoms with Gasteiger partial charge < -0.3 is 9.92 Å². The molecule has 0 aromatic heterocycles. The summed E-state index contributed by atoms with van der Waals surface area (Å²) in [6.07, 6.45) is 0.895. The maximum atomic E-state index is 12.6. The summed E-state index contributed by atoms with van der Waals surface area (Å²) in [6.45, 7) is 0. The average molecular weight is 205 g/mol. The lowest BCUT2D eigenvalue weighted by atomic mass is 10.3. The van der Waals surface area contributed by atoms with Gasteiger partial charge >= 0.3 is 10.1 Å². The zero-order valence-corrected chi connectivity index (χ0v) is 7.64. The highest BCUT2D eigenvalue weighted by Crippen LogP contribution is 2.19. The molecule has 13 heavy (non-hydrogen) atoms. The second-order valence-electron chi connectivity index (χ2n) is 2.47. The molecule has 0 unspecified atom stereocenters. The third-order valence-electron chi connectivity index (χ3n) is 1.22. The Bertz CT molecular complexity index is 416. The van der Waals surface area contributed by atoms with Crippen LogP contribution in [-0.4, -0.2) is 14.7 Å². The lowest BCUT2D eigenvalue weighted by Crippen LogP contribution is -2.06. The van der Waals surface area contributed by atoms with Crippen LogP contribution in [0.25, 0.3) is 0 Å². The quantitative estimate of drug-likeness (QED) is 0.571. The number of nitrogens with two attached hydrogens (primary N) is 1. The average Bonchev–Trinajstić information content (AvgIpc) is 1.94. The van der Waals surface area contributed by atoms with E-state index in [2.05, 4.69) is 4.18 Å². The maximum absolute atomic E-state index is 12.6. The van der Waals surface area contributed by atoms with Gasteiger partial charge in [-0.1, -0.05) is 0 Å². The van der Waals surface area contributed by atoms with E-state index in [0.29, 0.717) is 0 Å². The van der Waals surface area contributed by atoms with Gasteiger partial charge in [0.25, 0.3) is 0 Å². The van der Waals surface area contributed by atoms with Crippen LogP contribution in [0.4, 0.5) is 10.1 Å². The van der Waals surface area contributed by atoms with Crippen LogP contribution in [0, 0.1) is 5.82 Å². The minimum atomic E-state index is -3.58. The van der Waals surface area contributed by atoms with Gasteiger partial charge in [0.2, 0.25) is 0 Å². The van der Waals surface area contributed by atoms with Gasteiger partial charge in [-0.05, 0) is 12.1 Å². The summed E-state index contributed by atoms with van der Waals surface area (Å²) in [5.41, 5.74) is 5.04. The first-order chi connectivity index (χ1) is 5.88. The molecule has 1 rings (SSSR count). The molecule has 0 heterocycles. The van der Waals surface area contributed by atoms with Crippen molar-refractivity contribution >= 4 is 15.8 Å². The fourth-order valence-corrected chi connectivity index (χ4v) is 1.20. The fraction of sp³-hybridized carbons (Fsp3) is 0.143. The van der Waals surface area contributed by atoms with Crippen molar-refractivity contribution in [3.63, 3.8) is 0 Å². The zero-order valence-electron chi connectivity index (χ0n) is 6.82. The van der Waals surface area contributed by atoms with E-state index in [9.17, 15) is 12.8 Å². The first-order valence-corrected chi connectivity index (χ1v) is 5.14. The molecule has 4 nitrogen and oxygen atoms in total. The first-order valence-electron chi connectivity index (χ1n) is 3.33. The second-order valence-corrected chi connectivity index (χ2v) is 4.05. The van der Waals surface area contributed by atoms with Crippen LogP contribution in [0.5, 0.6) is 5.75 Å². The summed E-state index contributed by atoms with van der Waals surface area (Å²) in [5.74, 6) is -0.609. The largest absolute Gasteiger partial charge is 0.396 e. The summed E-state index contributed by atoms with van der Waals surface area (Å²) in [4.78, 5) is 0. The minimum Gasteiger partial charge on any atom is -0.396 e. The highest BCUT2D eigenvalue weighted by Gasteiger charge is 2.06. The molecular weight excluding hydrogens is 197 g/mol. The Hall–Kier alpha value is -1.30. The summed E-state index contributed by atoms with van der Waals surface area (Å²) >= 11 is 0. The standard InChI is InChI=1S/C7H8FNO3S/c1-13(10,11)12-5-2-3-6(8)7(9)4-5/h2-4H,9H2,1H3. The Kier molecular flexibility index (Phi) is 2.42. The predicted molar refractivity (Wildman–Crippen MR) is 46.3 cm³/mol. The molecule has 0 fully saturated rings. The van der Waals surface area contributed by atoms with Gasteiger partial charge in [-0.15, -0.1) is 0 Å². The van der Waals surface area contributed by atoms with Crippen LogP contribution >= 0.6 is 0 Å². The molecule has 0 radical (unpaired) electrons. The topological polar surface area (TPSA) is 69.4 Å². The van der Waals surface area contributed by atoms with Gasteiger partial charge in [-0.2, -0.15) is 8.42 Å². The van der Waals surface area contributed by atoms with Gasteiger partial charge in [0, 0.05) is 6.07 Å². The van der Waals surface area contributed by atoms with Crippen molar-refractivity contribution in [3.8, 4) is 5.75 Å². The van der Waals surface area contributed by atoms with Crippen molar-refractivity contribution in [1.82, 2.24) is 0 Å². The third kappa shape index (κ3) is 2.90. The number of anilines is 1. The summed E-state index contributed by atoms with van der Waals surface area (Å²) in [7, 11) is -3.58. The van der Waals surface area contributed by atoms with E-state index < -0.39 is 15.9 Å². The van der Waals surface area contributed by atoms with E-state index in [1.54, 1.807) is 0 Å². The molecule has 72 valence electrons. The van der Waals surface area contributed by atoms with E-state index in [-0.39, 0.29) is 11.4 Å². The highest BCUT2D eigenvalue weighted by molar-refractivity contribution is 7.86. The summed E-state index contributed by atoms with van der Waals surface area (Å²) < 4.78 is 38.3. The molecule has 6 heteroatoms. The second kappa shape index (κ2) is 3.21. The van der Waals surface area contributed by atoms with E-state index >= 15 is 0 Å². The number of halogens is 1. The highest BCUT2D eigenvalue weighted by atomic mass is 32.2. The Morgan fingerprint density at radius 1 is 1.46 bits per heavy atom. The number of benzene rings is 1. The number of nitrogen functional groups attached to an aromatic ring is 1. The zero-order chi connectivity index (χ0) is 10.1. The van der Waals surface area contributed by atoms with Gasteiger partial charge in [0.15, 0.2) is 0 Å². The van der Waals surface area contributed by atoms with Gasteiger partial charge in [-0.25, -0.2) is 4.39 Å². The third-order valence-corrected chi connectivity index (χ3v) is 1.71. The van der Waals surface area contributed by atoms with E-state index in [4.69, 9.17) is 5.73 Å². The van der Waals surface area contributed by atoms with Gasteiger partial charge in [0.1, 0.15) is 11.6 Å². The lowest BCUT2D eigenvalue weighted by molar-refractivity contribution is 0.492. The Morgan fingerprint density at radius 2 is 2.08 bits per heavy atom. The first kappa shape index (κ1) is 9.79. The molecule has 1 aromatic rings. The van der Waals surface area contributed by atoms with Crippen LogP contribution in [0.15, 0.2) is 18.2 Å². The molecule has 0 bridgehead atoms. The van der Waals surface area contributed by atoms with Crippen molar-refractivity contribution in [2.75, 3.05) is 12.0 Å². The molecule has 0 amide bonds. The molecule has 0 aliphatic heterocycles. The smallest absolute Gasteiger partial charge is 0.306 e. The van der Waals surface area contributed by atoms with Crippen molar-refractivity contribution in [2.45, 2.75) is 0 Å². The van der Waals surface area contributed by atoms with Crippen molar-refractivity contribution in [1.29, 1.82) is 0 Å². The summed E-state index contributed by atoms with van der Waals surface area (Å²) in [6, 6.07) is 3.33.